The molecule has 0 aliphatic heterocycles. The fraction of sp³-hybridized carbons (Fsp3) is 0.462. The number of carbonyl (C=O) groups is 1. The van der Waals surface area contributed by atoms with E-state index in [2.05, 4.69) is 10.6 Å². The minimum atomic E-state index is -0.166. The topological polar surface area (TPSA) is 67.2 Å². The number of hydrogen-bond donors (Lipinski definition) is 3. The van der Waals surface area contributed by atoms with E-state index in [4.69, 9.17) is 5.73 Å². The molecular weight excluding hydrogens is 214 g/mol. The Morgan fingerprint density at radius 3 is 2.88 bits per heavy atom. The van der Waals surface area contributed by atoms with Crippen LogP contribution in [0.3, 0.4) is 0 Å². The van der Waals surface area contributed by atoms with Gasteiger partial charge in [0.1, 0.15) is 0 Å². The second kappa shape index (κ2) is 6.91. The first-order chi connectivity index (χ1) is 8.08. The molecule has 0 spiro atoms. The maximum atomic E-state index is 11.5. The Morgan fingerprint density at radius 1 is 1.47 bits per heavy atom. The number of nitrogens with one attached hydrogen (secondary N) is 2. The monoisotopic (exact) mass is 235 g/mol. The van der Waals surface area contributed by atoms with Crippen molar-refractivity contribution in [3.05, 3.63) is 29.8 Å². The fourth-order valence-corrected chi connectivity index (χ4v) is 1.52. The Morgan fingerprint density at radius 2 is 2.24 bits per heavy atom. The predicted octanol–water partition coefficient (Wildman–Crippen LogP) is 2.24. The van der Waals surface area contributed by atoms with Crippen molar-refractivity contribution in [3.8, 4) is 0 Å². The summed E-state index contributed by atoms with van der Waals surface area (Å²) in [6, 6.07) is 7.74. The van der Waals surface area contributed by atoms with E-state index in [-0.39, 0.29) is 12.1 Å². The number of carbonyl (C=O) groups excluding carboxylic acids is 1. The van der Waals surface area contributed by atoms with Gasteiger partial charge in [0.2, 0.25) is 0 Å². The Kier molecular flexibility index (Phi) is 5.49. The molecule has 0 saturated carbocycles. The van der Waals surface area contributed by atoms with Gasteiger partial charge in [-0.1, -0.05) is 12.1 Å². The van der Waals surface area contributed by atoms with Crippen LogP contribution in [0, 0.1) is 6.92 Å². The van der Waals surface area contributed by atoms with Crippen molar-refractivity contribution in [1.82, 2.24) is 5.32 Å². The Bertz CT molecular complexity index is 363. The first-order valence-corrected chi connectivity index (χ1v) is 5.95. The summed E-state index contributed by atoms with van der Waals surface area (Å²) in [6.07, 6.45) is 1.82. The van der Waals surface area contributed by atoms with Crippen molar-refractivity contribution in [1.29, 1.82) is 0 Å². The lowest BCUT2D eigenvalue weighted by Gasteiger charge is -2.09. The average Bonchev–Trinajstić information content (AvgIpc) is 2.24. The normalized spacial score (nSPS) is 11.9. The highest BCUT2D eigenvalue weighted by Gasteiger charge is 2.01. The van der Waals surface area contributed by atoms with Crippen LogP contribution in [0.4, 0.5) is 10.5 Å². The van der Waals surface area contributed by atoms with Gasteiger partial charge in [-0.25, -0.2) is 4.79 Å². The fourth-order valence-electron chi connectivity index (χ4n) is 1.52. The second-order valence-electron chi connectivity index (χ2n) is 4.37. The van der Waals surface area contributed by atoms with E-state index in [0.717, 1.165) is 24.1 Å². The van der Waals surface area contributed by atoms with Gasteiger partial charge in [-0.2, -0.15) is 0 Å². The lowest BCUT2D eigenvalue weighted by Crippen LogP contribution is -2.30. The van der Waals surface area contributed by atoms with Crippen LogP contribution in [-0.2, 0) is 0 Å². The molecule has 1 aromatic rings. The summed E-state index contributed by atoms with van der Waals surface area (Å²) in [5.74, 6) is 0. The van der Waals surface area contributed by atoms with Crippen LogP contribution >= 0.6 is 0 Å². The summed E-state index contributed by atoms with van der Waals surface area (Å²) in [5, 5.41) is 5.59. The number of nitrogens with two attached hydrogens (primary N) is 1. The summed E-state index contributed by atoms with van der Waals surface area (Å²) < 4.78 is 0. The van der Waals surface area contributed by atoms with E-state index < -0.39 is 0 Å². The van der Waals surface area contributed by atoms with E-state index >= 15 is 0 Å². The molecule has 0 bridgehead atoms. The molecule has 0 aromatic heterocycles. The van der Waals surface area contributed by atoms with Gasteiger partial charge in [0.05, 0.1) is 0 Å². The second-order valence-corrected chi connectivity index (χ2v) is 4.37. The highest BCUT2D eigenvalue weighted by Crippen LogP contribution is 2.08. The van der Waals surface area contributed by atoms with E-state index in [0.29, 0.717) is 6.54 Å². The molecule has 1 unspecified atom stereocenters. The molecule has 4 N–H and O–H groups in total. The largest absolute Gasteiger partial charge is 0.338 e. The molecule has 1 atom stereocenters. The smallest absolute Gasteiger partial charge is 0.319 e. The Balaban J connectivity index is 2.25. The van der Waals surface area contributed by atoms with E-state index in [9.17, 15) is 4.79 Å². The number of urea groups is 1. The molecule has 0 heterocycles. The minimum Gasteiger partial charge on any atom is -0.338 e. The van der Waals surface area contributed by atoms with E-state index in [1.807, 2.05) is 38.1 Å². The van der Waals surface area contributed by atoms with Crippen LogP contribution in [-0.4, -0.2) is 18.6 Å². The lowest BCUT2D eigenvalue weighted by molar-refractivity contribution is 0.252. The minimum absolute atomic E-state index is 0.166. The summed E-state index contributed by atoms with van der Waals surface area (Å²) in [5.41, 5.74) is 7.56. The van der Waals surface area contributed by atoms with Crippen molar-refractivity contribution >= 4 is 11.7 Å². The summed E-state index contributed by atoms with van der Waals surface area (Å²) in [6.45, 7) is 4.61. The van der Waals surface area contributed by atoms with Crippen molar-refractivity contribution in [2.45, 2.75) is 32.7 Å². The number of rotatable bonds is 5. The number of hydrogen-bond acceptors (Lipinski definition) is 2. The maximum absolute atomic E-state index is 11.5. The molecule has 4 nitrogen and oxygen atoms in total. The van der Waals surface area contributed by atoms with Crippen LogP contribution in [0.25, 0.3) is 0 Å². The zero-order valence-electron chi connectivity index (χ0n) is 10.5. The molecular formula is C13H21N3O. The standard InChI is InChI=1S/C13H21N3O/c1-10-5-3-7-12(9-10)16-13(17)15-8-4-6-11(2)14/h3,5,7,9,11H,4,6,8,14H2,1-2H3,(H2,15,16,17). The zero-order valence-corrected chi connectivity index (χ0v) is 10.5. The summed E-state index contributed by atoms with van der Waals surface area (Å²) in [7, 11) is 0. The highest BCUT2D eigenvalue weighted by atomic mass is 16.2. The Labute approximate surface area is 103 Å². The first-order valence-electron chi connectivity index (χ1n) is 5.95. The maximum Gasteiger partial charge on any atom is 0.319 e. The van der Waals surface area contributed by atoms with Crippen LogP contribution in [0.5, 0.6) is 0 Å². The molecule has 0 radical (unpaired) electrons. The van der Waals surface area contributed by atoms with Gasteiger partial charge in [-0.3, -0.25) is 0 Å². The molecule has 0 aliphatic rings. The molecule has 2 amide bonds. The predicted molar refractivity (Wildman–Crippen MR) is 71.1 cm³/mol. The van der Waals surface area contributed by atoms with Crippen LogP contribution in [0.2, 0.25) is 0 Å². The molecule has 0 saturated heterocycles. The van der Waals surface area contributed by atoms with Gasteiger partial charge < -0.3 is 16.4 Å². The third kappa shape index (κ3) is 5.92. The third-order valence-corrected chi connectivity index (χ3v) is 2.40. The van der Waals surface area contributed by atoms with E-state index in [1.54, 1.807) is 0 Å². The lowest BCUT2D eigenvalue weighted by atomic mass is 10.2. The van der Waals surface area contributed by atoms with Crippen molar-refractivity contribution in [2.24, 2.45) is 5.73 Å². The number of amides is 2. The van der Waals surface area contributed by atoms with Crippen molar-refractivity contribution < 1.29 is 4.79 Å². The highest BCUT2D eigenvalue weighted by molar-refractivity contribution is 5.89. The van der Waals surface area contributed by atoms with Crippen molar-refractivity contribution in [2.75, 3.05) is 11.9 Å². The SMILES string of the molecule is Cc1cccc(NC(=O)NCCCC(C)N)c1. The molecule has 0 aliphatic carbocycles. The molecule has 17 heavy (non-hydrogen) atoms. The Hall–Kier alpha value is -1.55. The summed E-state index contributed by atoms with van der Waals surface area (Å²) >= 11 is 0. The van der Waals surface area contributed by atoms with Gasteiger partial charge in [-0.15, -0.1) is 0 Å². The average molecular weight is 235 g/mol. The summed E-state index contributed by atoms with van der Waals surface area (Å²) in [4.78, 5) is 11.5. The quantitative estimate of drug-likeness (QED) is 0.685. The zero-order chi connectivity index (χ0) is 12.7. The van der Waals surface area contributed by atoms with Gasteiger partial charge in [0, 0.05) is 18.3 Å². The number of benzene rings is 1. The molecule has 1 aromatic carbocycles. The third-order valence-electron chi connectivity index (χ3n) is 2.40. The van der Waals surface area contributed by atoms with Gasteiger partial charge in [0.15, 0.2) is 0 Å². The molecule has 0 fully saturated rings. The number of aryl methyl sites for hydroxylation is 1. The van der Waals surface area contributed by atoms with Crippen LogP contribution in [0.1, 0.15) is 25.3 Å². The molecule has 94 valence electrons. The van der Waals surface area contributed by atoms with Gasteiger partial charge in [-0.05, 0) is 44.4 Å². The molecule has 1 rings (SSSR count). The van der Waals surface area contributed by atoms with Crippen molar-refractivity contribution in [3.63, 3.8) is 0 Å². The van der Waals surface area contributed by atoms with Crippen LogP contribution in [0.15, 0.2) is 24.3 Å². The van der Waals surface area contributed by atoms with Gasteiger partial charge in [0.25, 0.3) is 0 Å². The first kappa shape index (κ1) is 13.5. The number of anilines is 1. The molecule has 4 heteroatoms. The van der Waals surface area contributed by atoms with Crippen LogP contribution < -0.4 is 16.4 Å². The van der Waals surface area contributed by atoms with E-state index in [1.165, 1.54) is 0 Å². The van der Waals surface area contributed by atoms with Gasteiger partial charge >= 0.3 is 6.03 Å².